The Hall–Kier alpha value is -1.55. The Morgan fingerprint density at radius 3 is 2.21 bits per heavy atom. The lowest BCUT2D eigenvalue weighted by atomic mass is 10.1. The molecule has 4 nitrogen and oxygen atoms in total. The van der Waals surface area contributed by atoms with Gasteiger partial charge in [-0.3, -0.25) is 9.69 Å². The van der Waals surface area contributed by atoms with Gasteiger partial charge in [-0.15, -0.1) is 0 Å². The lowest BCUT2D eigenvalue weighted by Gasteiger charge is -2.37. The molecule has 1 fully saturated rings. The number of ether oxygens (including phenoxy) is 1. The first kappa shape index (κ1) is 18.8. The van der Waals surface area contributed by atoms with E-state index in [0.29, 0.717) is 18.4 Å². The lowest BCUT2D eigenvalue weighted by molar-refractivity contribution is -0.133. The fourth-order valence-electron chi connectivity index (χ4n) is 3.10. The van der Waals surface area contributed by atoms with Gasteiger partial charge in [0.25, 0.3) is 0 Å². The first-order valence-electron chi connectivity index (χ1n) is 9.23. The van der Waals surface area contributed by atoms with Crippen LogP contribution in [0.2, 0.25) is 0 Å². The molecule has 0 bridgehead atoms. The van der Waals surface area contributed by atoms with E-state index in [1.54, 1.807) is 0 Å². The third-order valence-electron chi connectivity index (χ3n) is 4.55. The molecule has 4 heteroatoms. The molecule has 1 aromatic carbocycles. The molecule has 1 heterocycles. The van der Waals surface area contributed by atoms with Crippen molar-refractivity contribution in [3.05, 3.63) is 29.8 Å². The van der Waals surface area contributed by atoms with Gasteiger partial charge < -0.3 is 9.64 Å². The van der Waals surface area contributed by atoms with E-state index < -0.39 is 0 Å². The van der Waals surface area contributed by atoms with Crippen molar-refractivity contribution in [2.45, 2.75) is 59.1 Å². The van der Waals surface area contributed by atoms with Crippen LogP contribution in [0.25, 0.3) is 0 Å². The van der Waals surface area contributed by atoms with Gasteiger partial charge in [0.15, 0.2) is 0 Å². The number of nitrogens with zero attached hydrogens (tertiary/aromatic N) is 2. The fraction of sp³-hybridized carbons (Fsp3) is 0.650. The fourth-order valence-corrected chi connectivity index (χ4v) is 3.10. The Labute approximate surface area is 146 Å². The summed E-state index contributed by atoms with van der Waals surface area (Å²) in [7, 11) is 0. The van der Waals surface area contributed by atoms with Gasteiger partial charge in [-0.1, -0.05) is 12.1 Å². The number of carbonyl (C=O) groups excluding carboxylic acids is 1. The topological polar surface area (TPSA) is 32.8 Å². The molecule has 1 saturated heterocycles. The molecule has 0 aliphatic carbocycles. The van der Waals surface area contributed by atoms with E-state index >= 15 is 0 Å². The van der Waals surface area contributed by atoms with Crippen molar-refractivity contribution >= 4 is 5.91 Å². The van der Waals surface area contributed by atoms with Gasteiger partial charge in [-0.25, -0.2) is 0 Å². The first-order chi connectivity index (χ1) is 11.5. The van der Waals surface area contributed by atoms with Crippen LogP contribution in [-0.4, -0.2) is 54.0 Å². The van der Waals surface area contributed by atoms with Crippen LogP contribution in [0, 0.1) is 0 Å². The second-order valence-electron chi connectivity index (χ2n) is 7.17. The number of amides is 1. The quantitative estimate of drug-likeness (QED) is 0.768. The Balaban J connectivity index is 1.69. The van der Waals surface area contributed by atoms with E-state index in [-0.39, 0.29) is 6.10 Å². The maximum absolute atomic E-state index is 12.3. The monoisotopic (exact) mass is 332 g/mol. The molecule has 0 radical (unpaired) electrons. The van der Waals surface area contributed by atoms with Crippen LogP contribution >= 0.6 is 0 Å². The molecule has 0 aromatic heterocycles. The lowest BCUT2D eigenvalue weighted by Crippen LogP contribution is -2.50. The molecule has 0 atom stereocenters. The Kier molecular flexibility index (Phi) is 7.10. The van der Waals surface area contributed by atoms with Crippen molar-refractivity contribution in [2.75, 3.05) is 26.2 Å². The second kappa shape index (κ2) is 9.07. The number of benzene rings is 1. The van der Waals surface area contributed by atoms with Crippen LogP contribution in [0.15, 0.2) is 24.3 Å². The highest BCUT2D eigenvalue weighted by atomic mass is 16.5. The summed E-state index contributed by atoms with van der Waals surface area (Å²) in [5, 5.41) is 0. The molecule has 24 heavy (non-hydrogen) atoms. The number of carbonyl (C=O) groups is 1. The molecule has 1 aromatic rings. The zero-order chi connectivity index (χ0) is 17.5. The minimum absolute atomic E-state index is 0.199. The molecule has 134 valence electrons. The van der Waals surface area contributed by atoms with Crippen molar-refractivity contribution < 1.29 is 9.53 Å². The van der Waals surface area contributed by atoms with Crippen LogP contribution in [0.4, 0.5) is 0 Å². The minimum atomic E-state index is 0.199. The summed E-state index contributed by atoms with van der Waals surface area (Å²) < 4.78 is 5.65. The highest BCUT2D eigenvalue weighted by Crippen LogP contribution is 2.16. The molecule has 0 N–H and O–H groups in total. The summed E-state index contributed by atoms with van der Waals surface area (Å²) in [6.45, 7) is 12.2. The maximum Gasteiger partial charge on any atom is 0.222 e. The van der Waals surface area contributed by atoms with Gasteiger partial charge in [-0.2, -0.15) is 0 Å². The van der Waals surface area contributed by atoms with E-state index in [1.165, 1.54) is 5.56 Å². The zero-order valence-corrected chi connectivity index (χ0v) is 15.6. The molecule has 2 rings (SSSR count). The SMILES string of the molecule is CC(C)Oc1ccc(CCCC(=O)N2CCN(C(C)C)CC2)cc1. The largest absolute Gasteiger partial charge is 0.491 e. The van der Waals surface area contributed by atoms with Crippen LogP contribution in [0.1, 0.15) is 46.1 Å². The van der Waals surface area contributed by atoms with E-state index in [4.69, 9.17) is 4.74 Å². The van der Waals surface area contributed by atoms with Crippen molar-refractivity contribution in [1.29, 1.82) is 0 Å². The number of rotatable bonds is 7. The number of hydrogen-bond donors (Lipinski definition) is 0. The molecule has 0 spiro atoms. The molecule has 1 aliphatic heterocycles. The molecule has 0 saturated carbocycles. The van der Waals surface area contributed by atoms with Gasteiger partial charge in [0, 0.05) is 38.6 Å². The van der Waals surface area contributed by atoms with Crippen molar-refractivity contribution in [3.8, 4) is 5.75 Å². The minimum Gasteiger partial charge on any atom is -0.491 e. The van der Waals surface area contributed by atoms with Crippen molar-refractivity contribution in [3.63, 3.8) is 0 Å². The van der Waals surface area contributed by atoms with Crippen LogP contribution in [0.5, 0.6) is 5.75 Å². The summed E-state index contributed by atoms with van der Waals surface area (Å²) in [6.07, 6.45) is 2.70. The predicted octanol–water partition coefficient (Wildman–Crippen LogP) is 3.35. The maximum atomic E-state index is 12.3. The van der Waals surface area contributed by atoms with Gasteiger partial charge in [0.05, 0.1) is 6.10 Å². The normalized spacial score (nSPS) is 16.0. The van der Waals surface area contributed by atoms with Crippen LogP contribution in [-0.2, 0) is 11.2 Å². The third-order valence-corrected chi connectivity index (χ3v) is 4.55. The average molecular weight is 332 g/mol. The summed E-state index contributed by atoms with van der Waals surface area (Å²) in [5.74, 6) is 1.21. The van der Waals surface area contributed by atoms with Gasteiger partial charge in [0.2, 0.25) is 5.91 Å². The van der Waals surface area contributed by atoms with Gasteiger partial charge in [-0.05, 0) is 58.2 Å². The standard InChI is InChI=1S/C20H32N2O2/c1-16(2)21-12-14-22(15-13-21)20(23)7-5-6-18-8-10-19(11-9-18)24-17(3)4/h8-11,16-17H,5-7,12-15H2,1-4H3. The van der Waals surface area contributed by atoms with E-state index in [9.17, 15) is 4.79 Å². The highest BCUT2D eigenvalue weighted by Gasteiger charge is 2.21. The molecule has 0 unspecified atom stereocenters. The molecular formula is C20H32N2O2. The van der Waals surface area contributed by atoms with Crippen molar-refractivity contribution in [2.24, 2.45) is 0 Å². The number of hydrogen-bond acceptors (Lipinski definition) is 3. The van der Waals surface area contributed by atoms with Gasteiger partial charge >= 0.3 is 0 Å². The van der Waals surface area contributed by atoms with Gasteiger partial charge in [0.1, 0.15) is 5.75 Å². The first-order valence-corrected chi connectivity index (χ1v) is 9.23. The van der Waals surface area contributed by atoms with E-state index in [1.807, 2.05) is 30.9 Å². The predicted molar refractivity (Wildman–Crippen MR) is 98.4 cm³/mol. The Morgan fingerprint density at radius 2 is 1.67 bits per heavy atom. The molecule has 1 aliphatic rings. The smallest absolute Gasteiger partial charge is 0.222 e. The van der Waals surface area contributed by atoms with Crippen LogP contribution in [0.3, 0.4) is 0 Å². The van der Waals surface area contributed by atoms with E-state index in [0.717, 1.165) is 44.8 Å². The molecule has 1 amide bonds. The highest BCUT2D eigenvalue weighted by molar-refractivity contribution is 5.76. The summed E-state index contributed by atoms with van der Waals surface area (Å²) >= 11 is 0. The zero-order valence-electron chi connectivity index (χ0n) is 15.6. The summed E-state index contributed by atoms with van der Waals surface area (Å²) in [5.41, 5.74) is 1.27. The number of piperazine rings is 1. The number of aryl methyl sites for hydroxylation is 1. The van der Waals surface area contributed by atoms with E-state index in [2.05, 4.69) is 30.9 Å². The Morgan fingerprint density at radius 1 is 1.04 bits per heavy atom. The summed E-state index contributed by atoms with van der Waals surface area (Å²) in [6, 6.07) is 8.81. The van der Waals surface area contributed by atoms with Crippen LogP contribution < -0.4 is 4.74 Å². The molecular weight excluding hydrogens is 300 g/mol. The van der Waals surface area contributed by atoms with Crippen molar-refractivity contribution in [1.82, 2.24) is 9.80 Å². The average Bonchev–Trinajstić information content (AvgIpc) is 2.56. The third kappa shape index (κ3) is 5.82. The summed E-state index contributed by atoms with van der Waals surface area (Å²) in [4.78, 5) is 16.8. The Bertz CT molecular complexity index is 503. The second-order valence-corrected chi connectivity index (χ2v) is 7.17.